The standard InChI is InChI=1S/C24H31N7O6/c1-12(29-22(34)17(25)8-15-10-26-11-28-15)21(33)30-19(23(35)31-20(13(2)32)24(36)37)7-14-9-27-18-6-4-3-5-16(14)18/h3-6,9-13,17,19-20,27,32H,7-8,25H2,1-2H3,(H,26,28)(H,29,34)(H,30,33)(H,31,35)(H,36,37)/t12-,13+,17-,19-,20-/m0/s1. The van der Waals surface area contributed by atoms with Gasteiger partial charge in [-0.05, 0) is 25.5 Å². The zero-order chi connectivity index (χ0) is 27.1. The Morgan fingerprint density at radius 2 is 1.73 bits per heavy atom. The number of carboxylic acid groups (broad SMARTS) is 1. The molecule has 13 nitrogen and oxygen atoms in total. The van der Waals surface area contributed by atoms with Crippen LogP contribution in [0.5, 0.6) is 0 Å². The van der Waals surface area contributed by atoms with Crippen LogP contribution in [0.15, 0.2) is 43.0 Å². The molecule has 0 saturated heterocycles. The second-order valence-electron chi connectivity index (χ2n) is 8.81. The quantitative estimate of drug-likeness (QED) is 0.149. The molecule has 0 bridgehead atoms. The van der Waals surface area contributed by atoms with Crippen LogP contribution in [0.2, 0.25) is 0 Å². The molecule has 9 N–H and O–H groups in total. The van der Waals surface area contributed by atoms with Crippen molar-refractivity contribution < 1.29 is 29.4 Å². The minimum Gasteiger partial charge on any atom is -0.480 e. The Bertz CT molecular complexity index is 1240. The van der Waals surface area contributed by atoms with Gasteiger partial charge in [0.15, 0.2) is 6.04 Å². The van der Waals surface area contributed by atoms with Crippen molar-refractivity contribution in [2.45, 2.75) is 57.0 Å². The number of aromatic amines is 2. The summed E-state index contributed by atoms with van der Waals surface area (Å²) in [5.41, 5.74) is 8.10. The second-order valence-corrected chi connectivity index (χ2v) is 8.81. The first kappa shape index (κ1) is 27.4. The first-order valence-electron chi connectivity index (χ1n) is 11.7. The van der Waals surface area contributed by atoms with Crippen LogP contribution >= 0.6 is 0 Å². The summed E-state index contributed by atoms with van der Waals surface area (Å²) in [5.74, 6) is -3.48. The molecule has 0 radical (unpaired) electrons. The van der Waals surface area contributed by atoms with Crippen LogP contribution in [-0.4, -0.2) is 79.1 Å². The van der Waals surface area contributed by atoms with Crippen LogP contribution in [0.25, 0.3) is 10.9 Å². The van der Waals surface area contributed by atoms with Gasteiger partial charge in [-0.3, -0.25) is 14.4 Å². The molecule has 1 aromatic carbocycles. The fraction of sp³-hybridized carbons (Fsp3) is 0.375. The molecule has 3 aromatic rings. The highest BCUT2D eigenvalue weighted by molar-refractivity contribution is 5.94. The number of carbonyl (C=O) groups is 4. The van der Waals surface area contributed by atoms with Gasteiger partial charge in [0, 0.05) is 41.8 Å². The molecule has 0 spiro atoms. The molecule has 2 aromatic heterocycles. The maximum atomic E-state index is 13.1. The number of carboxylic acids is 1. The van der Waals surface area contributed by atoms with E-state index in [-0.39, 0.29) is 12.8 Å². The Morgan fingerprint density at radius 3 is 2.38 bits per heavy atom. The molecule has 0 aliphatic heterocycles. The summed E-state index contributed by atoms with van der Waals surface area (Å²) < 4.78 is 0. The number of aliphatic carboxylic acids is 1. The molecule has 2 heterocycles. The van der Waals surface area contributed by atoms with E-state index in [1.54, 1.807) is 6.20 Å². The predicted molar refractivity (Wildman–Crippen MR) is 133 cm³/mol. The number of amides is 3. The average molecular weight is 514 g/mol. The van der Waals surface area contributed by atoms with Gasteiger partial charge in [-0.25, -0.2) is 9.78 Å². The van der Waals surface area contributed by atoms with Crippen LogP contribution in [0.1, 0.15) is 25.1 Å². The van der Waals surface area contributed by atoms with Crippen molar-refractivity contribution in [1.29, 1.82) is 0 Å². The van der Waals surface area contributed by atoms with Gasteiger partial charge in [-0.15, -0.1) is 0 Å². The van der Waals surface area contributed by atoms with E-state index in [9.17, 15) is 29.4 Å². The first-order valence-corrected chi connectivity index (χ1v) is 11.7. The number of nitrogens with zero attached hydrogens (tertiary/aromatic N) is 1. The van der Waals surface area contributed by atoms with E-state index in [0.29, 0.717) is 11.3 Å². The van der Waals surface area contributed by atoms with Gasteiger partial charge in [-0.1, -0.05) is 18.2 Å². The molecule has 13 heteroatoms. The van der Waals surface area contributed by atoms with Crippen molar-refractivity contribution >= 4 is 34.6 Å². The molecule has 0 unspecified atom stereocenters. The molecular formula is C24H31N7O6. The third kappa shape index (κ3) is 7.15. The first-order chi connectivity index (χ1) is 17.6. The largest absolute Gasteiger partial charge is 0.480 e. The number of carbonyl (C=O) groups excluding carboxylic acids is 3. The van der Waals surface area contributed by atoms with E-state index < -0.39 is 54.0 Å². The number of nitrogens with two attached hydrogens (primary N) is 1. The number of H-pyrrole nitrogens is 2. The van der Waals surface area contributed by atoms with E-state index in [1.807, 2.05) is 24.3 Å². The summed E-state index contributed by atoms with van der Waals surface area (Å²) in [5, 5.41) is 27.3. The van der Waals surface area contributed by atoms with E-state index in [0.717, 1.165) is 10.9 Å². The summed E-state index contributed by atoms with van der Waals surface area (Å²) in [6.45, 7) is 2.67. The maximum Gasteiger partial charge on any atom is 0.328 e. The topological polar surface area (TPSA) is 215 Å². The van der Waals surface area contributed by atoms with E-state index >= 15 is 0 Å². The smallest absolute Gasteiger partial charge is 0.328 e. The van der Waals surface area contributed by atoms with Crippen LogP contribution in [0.3, 0.4) is 0 Å². The summed E-state index contributed by atoms with van der Waals surface area (Å²) in [4.78, 5) is 59.8. The van der Waals surface area contributed by atoms with Crippen molar-refractivity contribution in [3.63, 3.8) is 0 Å². The summed E-state index contributed by atoms with van der Waals surface area (Å²) in [6, 6.07) is 2.59. The van der Waals surface area contributed by atoms with Crippen LogP contribution in [-0.2, 0) is 32.0 Å². The van der Waals surface area contributed by atoms with Crippen molar-refractivity contribution in [3.8, 4) is 0 Å². The molecule has 37 heavy (non-hydrogen) atoms. The summed E-state index contributed by atoms with van der Waals surface area (Å²) in [6.07, 6.45) is 3.52. The highest BCUT2D eigenvalue weighted by Crippen LogP contribution is 2.19. The van der Waals surface area contributed by atoms with Gasteiger partial charge in [0.25, 0.3) is 0 Å². The van der Waals surface area contributed by atoms with Crippen molar-refractivity contribution in [1.82, 2.24) is 30.9 Å². The van der Waals surface area contributed by atoms with Crippen molar-refractivity contribution in [2.24, 2.45) is 5.73 Å². The number of aromatic nitrogens is 3. The maximum absolute atomic E-state index is 13.1. The number of aliphatic hydroxyl groups excluding tert-OH is 1. The van der Waals surface area contributed by atoms with Crippen LogP contribution in [0, 0.1) is 0 Å². The van der Waals surface area contributed by atoms with E-state index in [4.69, 9.17) is 5.73 Å². The number of rotatable bonds is 12. The second kappa shape index (κ2) is 12.1. The number of nitrogens with one attached hydrogen (secondary N) is 5. The lowest BCUT2D eigenvalue weighted by Crippen LogP contribution is -2.58. The predicted octanol–water partition coefficient (Wildman–Crippen LogP) is -1.06. The van der Waals surface area contributed by atoms with Gasteiger partial charge in [0.2, 0.25) is 17.7 Å². The summed E-state index contributed by atoms with van der Waals surface area (Å²) >= 11 is 0. The number of imidazole rings is 1. The molecule has 3 rings (SSSR count). The number of benzene rings is 1. The van der Waals surface area contributed by atoms with Crippen LogP contribution < -0.4 is 21.7 Å². The number of hydrogen-bond donors (Lipinski definition) is 8. The fourth-order valence-corrected chi connectivity index (χ4v) is 3.78. The van der Waals surface area contributed by atoms with Gasteiger partial charge in [0.1, 0.15) is 12.1 Å². The van der Waals surface area contributed by atoms with E-state index in [2.05, 4.69) is 30.9 Å². The molecular weight excluding hydrogens is 482 g/mol. The lowest BCUT2D eigenvalue weighted by Gasteiger charge is -2.24. The Balaban J connectivity index is 1.73. The Morgan fingerprint density at radius 1 is 1.00 bits per heavy atom. The Hall–Kier alpha value is -4.23. The highest BCUT2D eigenvalue weighted by Gasteiger charge is 2.31. The minimum absolute atomic E-state index is 0.0216. The molecule has 5 atom stereocenters. The molecule has 0 saturated carbocycles. The highest BCUT2D eigenvalue weighted by atomic mass is 16.4. The number of hydrogen-bond acceptors (Lipinski definition) is 7. The average Bonchev–Trinajstić information content (AvgIpc) is 3.51. The zero-order valence-corrected chi connectivity index (χ0v) is 20.4. The third-order valence-electron chi connectivity index (χ3n) is 5.86. The molecule has 3 amide bonds. The van der Waals surface area contributed by atoms with Gasteiger partial charge in [0.05, 0.1) is 18.5 Å². The Kier molecular flexibility index (Phi) is 8.98. The lowest BCUT2D eigenvalue weighted by molar-refractivity contribution is -0.145. The number of fused-ring (bicyclic) bond motifs is 1. The molecule has 0 aliphatic rings. The van der Waals surface area contributed by atoms with Crippen molar-refractivity contribution in [2.75, 3.05) is 0 Å². The fourth-order valence-electron chi connectivity index (χ4n) is 3.78. The molecule has 0 fully saturated rings. The van der Waals surface area contributed by atoms with Gasteiger partial charge < -0.3 is 41.9 Å². The third-order valence-corrected chi connectivity index (χ3v) is 5.86. The number of aliphatic hydroxyl groups is 1. The number of para-hydroxylation sites is 1. The van der Waals surface area contributed by atoms with Gasteiger partial charge in [-0.2, -0.15) is 0 Å². The molecule has 198 valence electrons. The van der Waals surface area contributed by atoms with E-state index in [1.165, 1.54) is 26.4 Å². The Labute approximate surface area is 212 Å². The van der Waals surface area contributed by atoms with Crippen molar-refractivity contribution in [3.05, 3.63) is 54.2 Å². The SMILES string of the molecule is C[C@H](NC(=O)[C@@H](N)Cc1cnc[nH]1)C(=O)N[C@@H](Cc1c[nH]c2ccccc12)C(=O)N[C@H](C(=O)O)[C@@H](C)O. The van der Waals surface area contributed by atoms with Crippen LogP contribution in [0.4, 0.5) is 0 Å². The lowest BCUT2D eigenvalue weighted by atomic mass is 10.0. The zero-order valence-electron chi connectivity index (χ0n) is 20.4. The normalized spacial score (nSPS) is 15.2. The minimum atomic E-state index is -1.58. The van der Waals surface area contributed by atoms with Gasteiger partial charge >= 0.3 is 5.97 Å². The summed E-state index contributed by atoms with van der Waals surface area (Å²) in [7, 11) is 0. The monoisotopic (exact) mass is 513 g/mol. The molecule has 0 aliphatic carbocycles.